The maximum absolute atomic E-state index is 12.7. The molecule has 8 nitrogen and oxygen atoms in total. The third-order valence-electron chi connectivity index (χ3n) is 5.11. The van der Waals surface area contributed by atoms with Crippen molar-refractivity contribution in [3.8, 4) is 0 Å². The van der Waals surface area contributed by atoms with E-state index >= 15 is 0 Å². The van der Waals surface area contributed by atoms with E-state index < -0.39 is 10.0 Å². The van der Waals surface area contributed by atoms with Gasteiger partial charge in [-0.2, -0.15) is 0 Å². The standard InChI is InChI=1S/C22H26N6O2S/c1-16-26-21(15-22(27-16)28-20-8-4-5-11-23-20)24-12-13-25-31(29,30)19-10-9-17-6-2-3-7-18(17)14-19/h4-5,8-11,14-15,25H,2-3,6-7,12-13H2,1H3,(H2,23,24,26,27,28). The maximum Gasteiger partial charge on any atom is 0.240 e. The number of benzene rings is 1. The molecule has 0 saturated carbocycles. The van der Waals surface area contributed by atoms with E-state index in [1.807, 2.05) is 30.3 Å². The Morgan fingerprint density at radius 2 is 1.71 bits per heavy atom. The molecule has 1 aliphatic carbocycles. The van der Waals surface area contributed by atoms with Gasteiger partial charge in [0.1, 0.15) is 23.3 Å². The van der Waals surface area contributed by atoms with Gasteiger partial charge in [0.25, 0.3) is 0 Å². The van der Waals surface area contributed by atoms with Crippen LogP contribution in [0.2, 0.25) is 0 Å². The number of hydrogen-bond acceptors (Lipinski definition) is 7. The predicted molar refractivity (Wildman–Crippen MR) is 121 cm³/mol. The minimum absolute atomic E-state index is 0.242. The van der Waals surface area contributed by atoms with Gasteiger partial charge in [0, 0.05) is 25.4 Å². The van der Waals surface area contributed by atoms with Crippen molar-refractivity contribution in [2.75, 3.05) is 23.7 Å². The molecule has 2 heterocycles. The van der Waals surface area contributed by atoms with E-state index in [4.69, 9.17) is 0 Å². The van der Waals surface area contributed by atoms with Gasteiger partial charge in [-0.15, -0.1) is 0 Å². The summed E-state index contributed by atoms with van der Waals surface area (Å²) in [6.45, 7) is 2.43. The number of aromatic nitrogens is 3. The van der Waals surface area contributed by atoms with Crippen molar-refractivity contribution in [1.29, 1.82) is 0 Å². The summed E-state index contributed by atoms with van der Waals surface area (Å²) in [6.07, 6.45) is 5.96. The number of pyridine rings is 1. The van der Waals surface area contributed by atoms with Crippen molar-refractivity contribution < 1.29 is 8.42 Å². The molecule has 0 aliphatic heterocycles. The summed E-state index contributed by atoms with van der Waals surface area (Å²) in [5.41, 5.74) is 2.41. The molecule has 3 aromatic rings. The first-order chi connectivity index (χ1) is 15.0. The zero-order valence-corrected chi connectivity index (χ0v) is 18.2. The van der Waals surface area contributed by atoms with Crippen LogP contribution in [0.15, 0.2) is 53.6 Å². The van der Waals surface area contributed by atoms with Gasteiger partial charge in [0.2, 0.25) is 10.0 Å². The van der Waals surface area contributed by atoms with Crippen LogP contribution >= 0.6 is 0 Å². The molecule has 0 spiro atoms. The Balaban J connectivity index is 1.34. The Morgan fingerprint density at radius 3 is 2.52 bits per heavy atom. The van der Waals surface area contributed by atoms with E-state index in [0.717, 1.165) is 24.8 Å². The molecule has 0 atom stereocenters. The highest BCUT2D eigenvalue weighted by atomic mass is 32.2. The van der Waals surface area contributed by atoms with E-state index in [2.05, 4.69) is 30.3 Å². The van der Waals surface area contributed by atoms with Crippen LogP contribution in [0.3, 0.4) is 0 Å². The predicted octanol–water partition coefficient (Wildman–Crippen LogP) is 3.19. The molecule has 3 N–H and O–H groups in total. The average Bonchev–Trinajstić information content (AvgIpc) is 2.77. The fourth-order valence-electron chi connectivity index (χ4n) is 3.63. The van der Waals surface area contributed by atoms with Crippen molar-refractivity contribution in [2.24, 2.45) is 0 Å². The lowest BCUT2D eigenvalue weighted by atomic mass is 9.92. The van der Waals surface area contributed by atoms with Crippen LogP contribution in [0.1, 0.15) is 29.8 Å². The van der Waals surface area contributed by atoms with Crippen LogP contribution in [0, 0.1) is 6.92 Å². The monoisotopic (exact) mass is 438 g/mol. The molecule has 0 amide bonds. The quantitative estimate of drug-likeness (QED) is 0.463. The lowest BCUT2D eigenvalue weighted by Crippen LogP contribution is -2.29. The van der Waals surface area contributed by atoms with Gasteiger partial charge in [-0.3, -0.25) is 0 Å². The molecular weight excluding hydrogens is 412 g/mol. The minimum Gasteiger partial charge on any atom is -0.369 e. The van der Waals surface area contributed by atoms with E-state index in [1.54, 1.807) is 25.3 Å². The van der Waals surface area contributed by atoms with Crippen molar-refractivity contribution in [2.45, 2.75) is 37.5 Å². The van der Waals surface area contributed by atoms with Crippen LogP contribution < -0.4 is 15.4 Å². The summed E-state index contributed by atoms with van der Waals surface area (Å²) in [6, 6.07) is 12.8. The molecule has 0 bridgehead atoms. The molecule has 0 unspecified atom stereocenters. The number of nitrogens with one attached hydrogen (secondary N) is 3. The molecule has 0 saturated heterocycles. The Bertz CT molecular complexity index is 1150. The molecule has 1 aromatic carbocycles. The zero-order valence-electron chi connectivity index (χ0n) is 17.4. The summed E-state index contributed by atoms with van der Waals surface area (Å²) in [5.74, 6) is 2.50. The molecule has 0 fully saturated rings. The number of aryl methyl sites for hydroxylation is 3. The lowest BCUT2D eigenvalue weighted by Gasteiger charge is -2.17. The number of anilines is 3. The fraction of sp³-hybridized carbons (Fsp3) is 0.318. The second kappa shape index (κ2) is 9.40. The Hall–Kier alpha value is -3.04. The number of sulfonamides is 1. The van der Waals surface area contributed by atoms with Gasteiger partial charge in [-0.1, -0.05) is 12.1 Å². The number of rotatable bonds is 8. The van der Waals surface area contributed by atoms with Gasteiger partial charge in [0.15, 0.2) is 0 Å². The molecule has 1 aliphatic rings. The highest BCUT2D eigenvalue weighted by Crippen LogP contribution is 2.24. The second-order valence-corrected chi connectivity index (χ2v) is 9.25. The smallest absolute Gasteiger partial charge is 0.240 e. The normalized spacial score (nSPS) is 13.5. The van der Waals surface area contributed by atoms with Crippen LogP contribution in [-0.4, -0.2) is 36.5 Å². The lowest BCUT2D eigenvalue weighted by molar-refractivity contribution is 0.582. The first kappa shape index (κ1) is 21.2. The third-order valence-corrected chi connectivity index (χ3v) is 6.57. The third kappa shape index (κ3) is 5.56. The van der Waals surface area contributed by atoms with Crippen molar-refractivity contribution in [3.05, 3.63) is 65.6 Å². The minimum atomic E-state index is -3.55. The molecule has 0 radical (unpaired) electrons. The molecule has 2 aromatic heterocycles. The Kier molecular flexibility index (Phi) is 6.43. The first-order valence-electron chi connectivity index (χ1n) is 10.4. The van der Waals surface area contributed by atoms with Crippen molar-refractivity contribution in [1.82, 2.24) is 19.7 Å². The van der Waals surface area contributed by atoms with Crippen molar-refractivity contribution in [3.63, 3.8) is 0 Å². The highest BCUT2D eigenvalue weighted by Gasteiger charge is 2.17. The van der Waals surface area contributed by atoms with E-state index in [9.17, 15) is 8.42 Å². The number of fused-ring (bicyclic) bond motifs is 1. The summed E-state index contributed by atoms with van der Waals surface area (Å²) in [7, 11) is -3.55. The summed E-state index contributed by atoms with van der Waals surface area (Å²) in [5, 5.41) is 6.28. The Morgan fingerprint density at radius 1 is 0.903 bits per heavy atom. The summed E-state index contributed by atoms with van der Waals surface area (Å²) >= 11 is 0. The molecular formula is C22H26N6O2S. The first-order valence-corrected chi connectivity index (χ1v) is 11.9. The van der Waals surface area contributed by atoms with Crippen LogP contribution in [0.5, 0.6) is 0 Å². The molecule has 4 rings (SSSR count). The highest BCUT2D eigenvalue weighted by molar-refractivity contribution is 7.89. The summed E-state index contributed by atoms with van der Waals surface area (Å²) < 4.78 is 28.0. The topological polar surface area (TPSA) is 109 Å². The number of hydrogen-bond donors (Lipinski definition) is 3. The Labute approximate surface area is 182 Å². The molecule has 162 valence electrons. The van der Waals surface area contributed by atoms with Crippen LogP contribution in [0.25, 0.3) is 0 Å². The number of nitrogens with zero attached hydrogens (tertiary/aromatic N) is 3. The van der Waals surface area contributed by atoms with E-state index in [-0.39, 0.29) is 6.54 Å². The maximum atomic E-state index is 12.7. The molecule has 9 heteroatoms. The second-order valence-electron chi connectivity index (χ2n) is 7.49. The fourth-order valence-corrected chi connectivity index (χ4v) is 4.71. The van der Waals surface area contributed by atoms with Gasteiger partial charge >= 0.3 is 0 Å². The van der Waals surface area contributed by atoms with Crippen LogP contribution in [0.4, 0.5) is 17.5 Å². The van der Waals surface area contributed by atoms with Gasteiger partial charge < -0.3 is 10.6 Å². The van der Waals surface area contributed by atoms with Gasteiger partial charge in [-0.25, -0.2) is 28.1 Å². The largest absolute Gasteiger partial charge is 0.369 e. The van der Waals surface area contributed by atoms with Gasteiger partial charge in [0.05, 0.1) is 4.90 Å². The van der Waals surface area contributed by atoms with E-state index in [0.29, 0.717) is 34.7 Å². The zero-order chi connectivity index (χ0) is 21.7. The summed E-state index contributed by atoms with van der Waals surface area (Å²) in [4.78, 5) is 13.3. The van der Waals surface area contributed by atoms with Crippen molar-refractivity contribution >= 4 is 27.5 Å². The molecule has 31 heavy (non-hydrogen) atoms. The average molecular weight is 439 g/mol. The van der Waals surface area contributed by atoms with Crippen LogP contribution in [-0.2, 0) is 22.9 Å². The SMILES string of the molecule is Cc1nc(NCCNS(=O)(=O)c2ccc3c(c2)CCCC3)cc(Nc2ccccn2)n1. The van der Waals surface area contributed by atoms with Gasteiger partial charge in [-0.05, 0) is 68.0 Å². The van der Waals surface area contributed by atoms with E-state index in [1.165, 1.54) is 12.0 Å².